The zero-order valence-electron chi connectivity index (χ0n) is 13.9. The highest BCUT2D eigenvalue weighted by atomic mass is 16.5. The fourth-order valence-electron chi connectivity index (χ4n) is 3.64. The Bertz CT molecular complexity index is 894. The van der Waals surface area contributed by atoms with Crippen molar-refractivity contribution in [3.05, 3.63) is 88.5 Å². The topological polar surface area (TPSA) is 29.5 Å². The Morgan fingerprint density at radius 3 is 2.42 bits per heavy atom. The summed E-state index contributed by atoms with van der Waals surface area (Å²) in [4.78, 5) is 0. The molecule has 1 atom stereocenters. The van der Waals surface area contributed by atoms with Crippen molar-refractivity contribution < 1.29 is 9.84 Å². The van der Waals surface area contributed by atoms with Gasteiger partial charge in [0.2, 0.25) is 0 Å². The molecule has 1 unspecified atom stereocenters. The molecule has 0 heterocycles. The predicted molar refractivity (Wildman–Crippen MR) is 96.5 cm³/mol. The second-order valence-electron chi connectivity index (χ2n) is 6.34. The molecule has 3 aromatic carbocycles. The van der Waals surface area contributed by atoms with Crippen LogP contribution < -0.4 is 4.74 Å². The smallest absolute Gasteiger partial charge is 0.118 e. The Hall–Kier alpha value is -2.58. The fraction of sp³-hybridized carbons (Fsp3) is 0.182. The summed E-state index contributed by atoms with van der Waals surface area (Å²) in [6.45, 7) is 2.12. The predicted octanol–water partition coefficient (Wildman–Crippen LogP) is 4.66. The van der Waals surface area contributed by atoms with Crippen molar-refractivity contribution in [3.8, 4) is 16.9 Å². The van der Waals surface area contributed by atoms with Crippen molar-refractivity contribution in [2.45, 2.75) is 19.4 Å². The molecule has 0 saturated carbocycles. The summed E-state index contributed by atoms with van der Waals surface area (Å²) < 4.78 is 5.24. The van der Waals surface area contributed by atoms with Gasteiger partial charge in [-0.1, -0.05) is 48.5 Å². The molecule has 2 heteroatoms. The zero-order chi connectivity index (χ0) is 16.7. The van der Waals surface area contributed by atoms with Gasteiger partial charge in [-0.3, -0.25) is 0 Å². The number of fused-ring (bicyclic) bond motifs is 3. The van der Waals surface area contributed by atoms with Gasteiger partial charge < -0.3 is 9.84 Å². The summed E-state index contributed by atoms with van der Waals surface area (Å²) in [6.07, 6.45) is 0.272. The maximum atomic E-state index is 10.9. The van der Waals surface area contributed by atoms with Gasteiger partial charge >= 0.3 is 0 Å². The van der Waals surface area contributed by atoms with Crippen LogP contribution in [-0.2, 0) is 6.42 Å². The third-order valence-corrected chi connectivity index (χ3v) is 4.95. The third-order valence-electron chi connectivity index (χ3n) is 4.95. The molecule has 0 aliphatic heterocycles. The van der Waals surface area contributed by atoms with Crippen molar-refractivity contribution >= 4 is 0 Å². The van der Waals surface area contributed by atoms with Crippen LogP contribution in [0.15, 0.2) is 60.7 Å². The molecule has 0 fully saturated rings. The van der Waals surface area contributed by atoms with E-state index in [0.717, 1.165) is 34.4 Å². The Morgan fingerprint density at radius 2 is 1.67 bits per heavy atom. The number of aliphatic hydroxyl groups is 1. The quantitative estimate of drug-likeness (QED) is 0.762. The van der Waals surface area contributed by atoms with Crippen molar-refractivity contribution in [3.63, 3.8) is 0 Å². The van der Waals surface area contributed by atoms with Gasteiger partial charge in [0, 0.05) is 0 Å². The van der Waals surface area contributed by atoms with Crippen LogP contribution in [0, 0.1) is 6.92 Å². The average molecular weight is 316 g/mol. The lowest BCUT2D eigenvalue weighted by Crippen LogP contribution is -2.03. The number of rotatable bonds is 3. The van der Waals surface area contributed by atoms with E-state index in [2.05, 4.69) is 37.3 Å². The lowest BCUT2D eigenvalue weighted by atomic mass is 9.91. The first-order chi connectivity index (χ1) is 11.7. The number of methoxy groups -OCH3 is 1. The van der Waals surface area contributed by atoms with E-state index in [4.69, 9.17) is 4.74 Å². The van der Waals surface area contributed by atoms with Gasteiger partial charge in [-0.05, 0) is 64.4 Å². The Morgan fingerprint density at radius 1 is 0.917 bits per heavy atom. The van der Waals surface area contributed by atoms with Crippen LogP contribution in [-0.4, -0.2) is 12.2 Å². The van der Waals surface area contributed by atoms with Crippen LogP contribution in [0.2, 0.25) is 0 Å². The fourth-order valence-corrected chi connectivity index (χ4v) is 3.64. The van der Waals surface area contributed by atoms with Gasteiger partial charge in [0.1, 0.15) is 11.9 Å². The Labute approximate surface area is 142 Å². The molecule has 4 rings (SSSR count). The maximum absolute atomic E-state index is 10.9. The van der Waals surface area contributed by atoms with Crippen molar-refractivity contribution in [1.29, 1.82) is 0 Å². The Kier molecular flexibility index (Phi) is 3.62. The molecule has 1 aliphatic rings. The highest BCUT2D eigenvalue weighted by Gasteiger charge is 2.29. The minimum absolute atomic E-state index is 0.538. The lowest BCUT2D eigenvalue weighted by molar-refractivity contribution is 0.224. The monoisotopic (exact) mass is 316 g/mol. The summed E-state index contributed by atoms with van der Waals surface area (Å²) in [5, 5.41) is 10.9. The number of hydrogen-bond donors (Lipinski definition) is 1. The van der Waals surface area contributed by atoms with Crippen molar-refractivity contribution in [1.82, 2.24) is 0 Å². The van der Waals surface area contributed by atoms with Crippen LogP contribution in [0.3, 0.4) is 0 Å². The average Bonchev–Trinajstić information content (AvgIpc) is 2.91. The first-order valence-electron chi connectivity index (χ1n) is 8.21. The van der Waals surface area contributed by atoms with Crippen LogP contribution in [0.5, 0.6) is 5.75 Å². The molecule has 0 radical (unpaired) electrons. The van der Waals surface area contributed by atoms with Gasteiger partial charge in [0.05, 0.1) is 7.11 Å². The molecule has 0 amide bonds. The van der Waals surface area contributed by atoms with Gasteiger partial charge in [-0.25, -0.2) is 0 Å². The van der Waals surface area contributed by atoms with Crippen LogP contribution >= 0.6 is 0 Å². The summed E-state index contributed by atoms with van der Waals surface area (Å²) in [5.74, 6) is 0.862. The maximum Gasteiger partial charge on any atom is 0.118 e. The molecule has 24 heavy (non-hydrogen) atoms. The molecule has 1 N–H and O–H groups in total. The van der Waals surface area contributed by atoms with Crippen LogP contribution in [0.25, 0.3) is 11.1 Å². The minimum atomic E-state index is -0.538. The summed E-state index contributed by atoms with van der Waals surface area (Å²) in [5.41, 5.74) is 8.04. The summed E-state index contributed by atoms with van der Waals surface area (Å²) >= 11 is 0. The Balaban J connectivity index is 1.80. The normalized spacial score (nSPS) is 15.0. The third kappa shape index (κ3) is 2.31. The van der Waals surface area contributed by atoms with E-state index in [1.54, 1.807) is 7.11 Å². The second kappa shape index (κ2) is 5.81. The number of benzene rings is 3. The molecule has 3 aromatic rings. The largest absolute Gasteiger partial charge is 0.497 e. The number of aryl methyl sites for hydroxylation is 1. The molecule has 0 bridgehead atoms. The van der Waals surface area contributed by atoms with E-state index < -0.39 is 6.10 Å². The van der Waals surface area contributed by atoms with E-state index >= 15 is 0 Å². The molecule has 0 aromatic heterocycles. The molecular formula is C22H20O2. The van der Waals surface area contributed by atoms with E-state index in [1.165, 1.54) is 16.7 Å². The summed E-state index contributed by atoms with van der Waals surface area (Å²) in [6, 6.07) is 20.6. The molecule has 0 saturated heterocycles. The van der Waals surface area contributed by atoms with E-state index in [9.17, 15) is 5.11 Å². The molecule has 120 valence electrons. The number of hydrogen-bond acceptors (Lipinski definition) is 2. The van der Waals surface area contributed by atoms with Crippen LogP contribution in [0.1, 0.15) is 33.9 Å². The van der Waals surface area contributed by atoms with Gasteiger partial charge in [-0.15, -0.1) is 0 Å². The van der Waals surface area contributed by atoms with Gasteiger partial charge in [0.15, 0.2) is 0 Å². The molecule has 2 nitrogen and oxygen atoms in total. The van der Waals surface area contributed by atoms with E-state index in [-0.39, 0.29) is 0 Å². The lowest BCUT2D eigenvalue weighted by Gasteiger charge is -2.15. The number of aliphatic hydroxyl groups excluding tert-OH is 1. The van der Waals surface area contributed by atoms with Crippen LogP contribution in [0.4, 0.5) is 0 Å². The SMILES string of the molecule is COc1ccc(Cc2c(C)ccc3c2C(O)c2ccccc2-3)cc1. The summed E-state index contributed by atoms with van der Waals surface area (Å²) in [7, 11) is 1.68. The van der Waals surface area contributed by atoms with Crippen molar-refractivity contribution in [2.24, 2.45) is 0 Å². The molecule has 1 aliphatic carbocycles. The zero-order valence-corrected chi connectivity index (χ0v) is 13.9. The highest BCUT2D eigenvalue weighted by Crippen LogP contribution is 2.46. The molecular weight excluding hydrogens is 296 g/mol. The first kappa shape index (κ1) is 15.0. The van der Waals surface area contributed by atoms with Crippen molar-refractivity contribution in [2.75, 3.05) is 7.11 Å². The standard InChI is InChI=1S/C22H20O2/c1-14-7-12-18-17-5-3-4-6-19(17)22(23)21(18)20(14)13-15-8-10-16(24-2)11-9-15/h3-12,22-23H,13H2,1-2H3. The van der Waals surface area contributed by atoms with Gasteiger partial charge in [-0.2, -0.15) is 0 Å². The molecule has 0 spiro atoms. The highest BCUT2D eigenvalue weighted by molar-refractivity contribution is 5.80. The minimum Gasteiger partial charge on any atom is -0.497 e. The van der Waals surface area contributed by atoms with E-state index in [1.807, 2.05) is 30.3 Å². The second-order valence-corrected chi connectivity index (χ2v) is 6.34. The van der Waals surface area contributed by atoms with Gasteiger partial charge in [0.25, 0.3) is 0 Å². The first-order valence-corrected chi connectivity index (χ1v) is 8.21. The number of ether oxygens (including phenoxy) is 1. The van der Waals surface area contributed by atoms with E-state index in [0.29, 0.717) is 0 Å².